The predicted molar refractivity (Wildman–Crippen MR) is 88.3 cm³/mol. The fraction of sp³-hybridized carbons (Fsp3) is 0.471. The zero-order valence-electron chi connectivity index (χ0n) is 14.0. The van der Waals surface area contributed by atoms with Crippen molar-refractivity contribution in [1.82, 2.24) is 15.0 Å². The van der Waals surface area contributed by atoms with Crippen LogP contribution in [0.2, 0.25) is 0 Å². The van der Waals surface area contributed by atoms with Gasteiger partial charge in [0.2, 0.25) is 0 Å². The van der Waals surface area contributed by atoms with Crippen LogP contribution in [0.3, 0.4) is 0 Å². The molecule has 1 aromatic heterocycles. The molecule has 2 aromatic rings. The van der Waals surface area contributed by atoms with Crippen LogP contribution in [0.1, 0.15) is 24.2 Å². The van der Waals surface area contributed by atoms with Crippen molar-refractivity contribution < 1.29 is 18.8 Å². The minimum absolute atomic E-state index is 0.0991. The number of hydrogen-bond donors (Lipinski definition) is 1. The Bertz CT molecular complexity index is 770. The third-order valence-corrected chi connectivity index (χ3v) is 4.57. The molecule has 8 heteroatoms. The molecule has 2 aliphatic rings. The fourth-order valence-electron chi connectivity index (χ4n) is 3.27. The van der Waals surface area contributed by atoms with Crippen LogP contribution in [0.4, 0.5) is 10.8 Å². The van der Waals surface area contributed by atoms with Crippen molar-refractivity contribution in [3.8, 4) is 5.75 Å². The molecule has 0 aliphatic carbocycles. The second-order valence-electron chi connectivity index (χ2n) is 6.44. The summed E-state index contributed by atoms with van der Waals surface area (Å²) in [4.78, 5) is 18.5. The first-order valence-corrected chi connectivity index (χ1v) is 8.34. The summed E-state index contributed by atoms with van der Waals surface area (Å²) in [6, 6.07) is 7.64. The van der Waals surface area contributed by atoms with E-state index < -0.39 is 5.60 Å². The number of benzene rings is 1. The number of ether oxygens (including phenoxy) is 2. The number of hydrogen-bond acceptors (Lipinski definition) is 6. The van der Waals surface area contributed by atoms with E-state index in [0.29, 0.717) is 32.1 Å². The monoisotopic (exact) mass is 344 g/mol. The molecule has 0 bridgehead atoms. The van der Waals surface area contributed by atoms with Crippen molar-refractivity contribution in [1.29, 1.82) is 0 Å². The van der Waals surface area contributed by atoms with E-state index in [2.05, 4.69) is 15.5 Å². The Morgan fingerprint density at radius 1 is 1.28 bits per heavy atom. The first-order valence-electron chi connectivity index (χ1n) is 8.34. The Hall–Kier alpha value is -2.61. The lowest BCUT2D eigenvalue weighted by atomic mass is 9.93. The molecule has 2 amide bonds. The maximum absolute atomic E-state index is 12.8. The number of aryl methyl sites for hydroxylation is 1. The second kappa shape index (κ2) is 6.36. The first-order chi connectivity index (χ1) is 12.1. The van der Waals surface area contributed by atoms with Crippen LogP contribution in [0.5, 0.6) is 5.75 Å². The molecule has 1 spiro atoms. The molecule has 0 radical (unpaired) electrons. The van der Waals surface area contributed by atoms with E-state index in [1.165, 1.54) is 0 Å². The highest BCUT2D eigenvalue weighted by Crippen LogP contribution is 2.35. The topological polar surface area (TPSA) is 89.7 Å². The highest BCUT2D eigenvalue weighted by Gasteiger charge is 2.40. The molecule has 0 atom stereocenters. The number of nitrogens with zero attached hydrogens (tertiary/aromatic N) is 3. The largest absolute Gasteiger partial charge is 0.485 e. The Morgan fingerprint density at radius 2 is 2.08 bits per heavy atom. The van der Waals surface area contributed by atoms with E-state index in [9.17, 15) is 4.79 Å². The molecule has 3 heterocycles. The highest BCUT2D eigenvalue weighted by atomic mass is 16.5. The maximum atomic E-state index is 12.8. The number of anilines is 1. The van der Waals surface area contributed by atoms with Crippen LogP contribution in [-0.2, 0) is 11.3 Å². The van der Waals surface area contributed by atoms with Crippen LogP contribution in [0.15, 0.2) is 28.8 Å². The van der Waals surface area contributed by atoms with E-state index in [0.717, 1.165) is 24.2 Å². The van der Waals surface area contributed by atoms with Crippen LogP contribution in [-0.4, -0.2) is 46.4 Å². The zero-order valence-corrected chi connectivity index (χ0v) is 14.0. The van der Waals surface area contributed by atoms with Gasteiger partial charge in [-0.05, 0) is 13.0 Å². The van der Waals surface area contributed by atoms with E-state index in [1.54, 1.807) is 11.8 Å². The predicted octanol–water partition coefficient (Wildman–Crippen LogP) is 2.35. The fourth-order valence-corrected chi connectivity index (χ4v) is 3.27. The number of carbonyl (C=O) groups excluding carboxylic acids is 1. The van der Waals surface area contributed by atoms with Crippen LogP contribution in [0.25, 0.3) is 0 Å². The van der Waals surface area contributed by atoms with Crippen molar-refractivity contribution in [2.45, 2.75) is 31.9 Å². The number of nitrogens with one attached hydrogen (secondary N) is 1. The number of urea groups is 1. The maximum Gasteiger partial charge on any atom is 0.329 e. The van der Waals surface area contributed by atoms with Gasteiger partial charge in [0.25, 0.3) is 0 Å². The molecule has 1 fully saturated rings. The third kappa shape index (κ3) is 3.30. The van der Waals surface area contributed by atoms with Crippen molar-refractivity contribution in [3.05, 3.63) is 35.7 Å². The number of rotatable bonds is 1. The summed E-state index contributed by atoms with van der Waals surface area (Å²) in [7, 11) is 0. The summed E-state index contributed by atoms with van der Waals surface area (Å²) in [5.74, 6) is 1.30. The van der Waals surface area contributed by atoms with Gasteiger partial charge in [-0.3, -0.25) is 5.32 Å². The number of carbonyl (C=O) groups is 1. The number of amides is 2. The van der Waals surface area contributed by atoms with Crippen LogP contribution >= 0.6 is 0 Å². The molecule has 4 rings (SSSR count). The molecule has 1 N–H and O–H groups in total. The standard InChI is InChI=1S/C17H20N4O4/c1-12-18-15(25-20-12)19-16(22)21-10-13-4-2-3-5-14(13)24-17(11-21)6-8-23-9-7-17/h2-5H,6-11H2,1H3,(H,18,19,20,22). The Morgan fingerprint density at radius 3 is 2.84 bits per heavy atom. The van der Waals surface area contributed by atoms with Crippen molar-refractivity contribution in [3.63, 3.8) is 0 Å². The quantitative estimate of drug-likeness (QED) is 0.854. The smallest absolute Gasteiger partial charge is 0.329 e. The average Bonchev–Trinajstić information content (AvgIpc) is 2.94. The van der Waals surface area contributed by atoms with Gasteiger partial charge in [-0.25, -0.2) is 4.79 Å². The van der Waals surface area contributed by atoms with Gasteiger partial charge < -0.3 is 18.9 Å². The number of para-hydroxylation sites is 1. The molecular weight excluding hydrogens is 324 g/mol. The summed E-state index contributed by atoms with van der Waals surface area (Å²) < 4.78 is 16.8. The SMILES string of the molecule is Cc1noc(NC(=O)N2Cc3ccccc3OC3(CCOCC3)C2)n1. The Kier molecular flexibility index (Phi) is 4.04. The molecule has 0 saturated carbocycles. The normalized spacial score (nSPS) is 19.0. The lowest BCUT2D eigenvalue weighted by Gasteiger charge is -2.38. The molecular formula is C17H20N4O4. The molecule has 8 nitrogen and oxygen atoms in total. The van der Waals surface area contributed by atoms with Crippen LogP contribution in [0, 0.1) is 6.92 Å². The molecule has 1 saturated heterocycles. The van der Waals surface area contributed by atoms with E-state index in [1.807, 2.05) is 24.3 Å². The lowest BCUT2D eigenvalue weighted by molar-refractivity contribution is -0.0530. The summed E-state index contributed by atoms with van der Waals surface area (Å²) in [5.41, 5.74) is 0.537. The minimum Gasteiger partial charge on any atom is -0.485 e. The van der Waals surface area contributed by atoms with Crippen molar-refractivity contribution in [2.24, 2.45) is 0 Å². The second-order valence-corrected chi connectivity index (χ2v) is 6.44. The van der Waals surface area contributed by atoms with Crippen LogP contribution < -0.4 is 10.1 Å². The van der Waals surface area contributed by atoms with E-state index in [4.69, 9.17) is 14.0 Å². The molecule has 132 valence electrons. The molecule has 25 heavy (non-hydrogen) atoms. The number of aromatic nitrogens is 2. The highest BCUT2D eigenvalue weighted by molar-refractivity contribution is 5.87. The summed E-state index contributed by atoms with van der Waals surface area (Å²) in [5, 5.41) is 6.36. The summed E-state index contributed by atoms with van der Waals surface area (Å²) in [6.45, 7) is 3.88. The summed E-state index contributed by atoms with van der Waals surface area (Å²) >= 11 is 0. The number of fused-ring (bicyclic) bond motifs is 1. The lowest BCUT2D eigenvalue weighted by Crippen LogP contribution is -2.51. The van der Waals surface area contributed by atoms with Crippen molar-refractivity contribution in [2.75, 3.05) is 25.1 Å². The summed E-state index contributed by atoms with van der Waals surface area (Å²) in [6.07, 6.45) is 1.48. The first kappa shape index (κ1) is 15.9. The van der Waals surface area contributed by atoms with E-state index in [-0.39, 0.29) is 12.0 Å². The van der Waals surface area contributed by atoms with Gasteiger partial charge in [0, 0.05) is 18.4 Å². The van der Waals surface area contributed by atoms with Gasteiger partial charge in [-0.1, -0.05) is 23.4 Å². The molecule has 0 unspecified atom stereocenters. The minimum atomic E-state index is -0.438. The average molecular weight is 344 g/mol. The van der Waals surface area contributed by atoms with Gasteiger partial charge in [-0.2, -0.15) is 4.98 Å². The van der Waals surface area contributed by atoms with Gasteiger partial charge >= 0.3 is 12.0 Å². The Balaban J connectivity index is 1.61. The zero-order chi connectivity index (χ0) is 17.3. The van der Waals surface area contributed by atoms with Gasteiger partial charge in [0.15, 0.2) is 5.82 Å². The van der Waals surface area contributed by atoms with E-state index >= 15 is 0 Å². The third-order valence-electron chi connectivity index (χ3n) is 4.57. The van der Waals surface area contributed by atoms with Gasteiger partial charge in [0.1, 0.15) is 11.4 Å². The Labute approximate surface area is 145 Å². The van der Waals surface area contributed by atoms with Gasteiger partial charge in [-0.15, -0.1) is 0 Å². The molecule has 2 aliphatic heterocycles. The van der Waals surface area contributed by atoms with Crippen molar-refractivity contribution >= 4 is 12.0 Å². The molecule has 1 aromatic carbocycles. The van der Waals surface area contributed by atoms with Gasteiger partial charge in [0.05, 0.1) is 26.3 Å².